The first kappa shape index (κ1) is 22.0. The molecule has 4 atom stereocenters. The number of nitrogens with one attached hydrogen (secondary N) is 1. The van der Waals surface area contributed by atoms with Crippen LogP contribution in [0.4, 0.5) is 0 Å². The van der Waals surface area contributed by atoms with E-state index in [-0.39, 0.29) is 36.3 Å². The largest absolute Gasteiger partial charge is 0.392 e. The predicted octanol–water partition coefficient (Wildman–Crippen LogP) is 1.52. The van der Waals surface area contributed by atoms with Crippen LogP contribution < -0.4 is 5.32 Å². The number of fused-ring (bicyclic) bond motifs is 1. The van der Waals surface area contributed by atoms with E-state index in [0.717, 1.165) is 39.1 Å². The molecule has 1 saturated carbocycles. The van der Waals surface area contributed by atoms with E-state index in [1.807, 2.05) is 6.92 Å². The normalized spacial score (nSPS) is 34.7. The smallest absolute Gasteiger partial charge is 0.230 e. The molecule has 1 amide bonds. The van der Waals surface area contributed by atoms with Gasteiger partial charge in [0.2, 0.25) is 5.91 Å². The van der Waals surface area contributed by atoms with E-state index in [9.17, 15) is 9.90 Å². The second kappa shape index (κ2) is 9.04. The lowest BCUT2D eigenvalue weighted by Gasteiger charge is -2.46. The molecule has 3 aliphatic rings. The van der Waals surface area contributed by atoms with Gasteiger partial charge >= 0.3 is 0 Å². The molecule has 0 radical (unpaired) electrons. The molecule has 1 aliphatic carbocycles. The van der Waals surface area contributed by atoms with Crippen LogP contribution in [0, 0.1) is 11.3 Å². The Morgan fingerprint density at radius 2 is 2.08 bits per heavy atom. The third-order valence-electron chi connectivity index (χ3n) is 6.02. The summed E-state index contributed by atoms with van der Waals surface area (Å²) in [6, 6.07) is 0.333. The SMILES string of the molecule is CC(O)CN1CCN(C(=O)[C@@]23CCCC[C@H]2CNC3)CC1C.Cl.Cl. The fourth-order valence-electron chi connectivity index (χ4n) is 4.77. The van der Waals surface area contributed by atoms with Gasteiger partial charge in [-0.05, 0) is 39.2 Å². The van der Waals surface area contributed by atoms with Crippen LogP contribution in [0.2, 0.25) is 0 Å². The molecule has 0 aromatic carbocycles. The highest BCUT2D eigenvalue weighted by atomic mass is 35.5. The van der Waals surface area contributed by atoms with Gasteiger partial charge in [-0.2, -0.15) is 0 Å². The first-order chi connectivity index (χ1) is 10.5. The lowest BCUT2D eigenvalue weighted by Crippen LogP contribution is -2.59. The van der Waals surface area contributed by atoms with E-state index in [1.54, 1.807) is 0 Å². The van der Waals surface area contributed by atoms with Crippen molar-refractivity contribution >= 4 is 30.7 Å². The van der Waals surface area contributed by atoms with E-state index < -0.39 is 0 Å². The van der Waals surface area contributed by atoms with E-state index in [0.29, 0.717) is 24.4 Å². The summed E-state index contributed by atoms with van der Waals surface area (Å²) >= 11 is 0. The van der Waals surface area contributed by atoms with Gasteiger partial charge in [-0.3, -0.25) is 9.69 Å². The number of β-amino-alcohol motifs (C(OH)–C–C–N with tert-alkyl or cyclic N) is 1. The average molecular weight is 382 g/mol. The molecule has 2 heterocycles. The van der Waals surface area contributed by atoms with Crippen LogP contribution in [-0.2, 0) is 4.79 Å². The molecule has 2 unspecified atom stereocenters. The van der Waals surface area contributed by atoms with Gasteiger partial charge < -0.3 is 15.3 Å². The highest BCUT2D eigenvalue weighted by Gasteiger charge is 2.51. The predicted molar refractivity (Wildman–Crippen MR) is 101 cm³/mol. The molecule has 2 saturated heterocycles. The molecule has 2 aliphatic heterocycles. The van der Waals surface area contributed by atoms with Crippen molar-refractivity contribution < 1.29 is 9.90 Å². The van der Waals surface area contributed by atoms with Gasteiger partial charge in [-0.15, -0.1) is 24.8 Å². The third-order valence-corrected chi connectivity index (χ3v) is 6.02. The molecule has 0 aromatic rings. The second-order valence-corrected chi connectivity index (χ2v) is 7.67. The zero-order valence-corrected chi connectivity index (χ0v) is 16.5. The van der Waals surface area contributed by atoms with Crippen LogP contribution in [0.25, 0.3) is 0 Å². The monoisotopic (exact) mass is 381 g/mol. The fourth-order valence-corrected chi connectivity index (χ4v) is 4.77. The van der Waals surface area contributed by atoms with Gasteiger partial charge in [0.1, 0.15) is 0 Å². The summed E-state index contributed by atoms with van der Waals surface area (Å²) in [7, 11) is 0. The number of piperazine rings is 1. The quantitative estimate of drug-likeness (QED) is 0.777. The number of amides is 1. The highest BCUT2D eigenvalue weighted by Crippen LogP contribution is 2.45. The number of carbonyl (C=O) groups excluding carboxylic acids is 1. The number of hydrogen-bond donors (Lipinski definition) is 2. The first-order valence-corrected chi connectivity index (χ1v) is 8.95. The number of hydrogen-bond acceptors (Lipinski definition) is 4. The number of halogens is 2. The van der Waals surface area contributed by atoms with Gasteiger partial charge in [0.15, 0.2) is 0 Å². The van der Waals surface area contributed by atoms with Crippen molar-refractivity contribution in [2.75, 3.05) is 39.3 Å². The zero-order chi connectivity index (χ0) is 15.7. The minimum Gasteiger partial charge on any atom is -0.392 e. The molecular formula is C17H33Cl2N3O2. The van der Waals surface area contributed by atoms with Crippen molar-refractivity contribution in [1.82, 2.24) is 15.1 Å². The van der Waals surface area contributed by atoms with Crippen LogP contribution in [-0.4, -0.2) is 72.2 Å². The Morgan fingerprint density at radius 1 is 1.33 bits per heavy atom. The maximum absolute atomic E-state index is 13.2. The van der Waals surface area contributed by atoms with Crippen LogP contribution in [0.5, 0.6) is 0 Å². The van der Waals surface area contributed by atoms with Gasteiger partial charge in [0.25, 0.3) is 0 Å². The molecule has 5 nitrogen and oxygen atoms in total. The number of aliphatic hydroxyl groups is 1. The van der Waals surface area contributed by atoms with Crippen molar-refractivity contribution in [1.29, 1.82) is 0 Å². The Kier molecular flexibility index (Phi) is 8.27. The summed E-state index contributed by atoms with van der Waals surface area (Å²) in [5, 5.41) is 13.1. The molecule has 3 fully saturated rings. The Balaban J connectivity index is 0.00000144. The van der Waals surface area contributed by atoms with Crippen molar-refractivity contribution in [3.05, 3.63) is 0 Å². The highest BCUT2D eigenvalue weighted by molar-refractivity contribution is 5.85. The van der Waals surface area contributed by atoms with Gasteiger partial charge in [0.05, 0.1) is 11.5 Å². The minimum atomic E-state index is -0.301. The van der Waals surface area contributed by atoms with Gasteiger partial charge in [0, 0.05) is 38.8 Å². The molecule has 0 bridgehead atoms. The molecule has 2 N–H and O–H groups in total. The Morgan fingerprint density at radius 3 is 2.75 bits per heavy atom. The summed E-state index contributed by atoms with van der Waals surface area (Å²) in [5.41, 5.74) is -0.121. The van der Waals surface area contributed by atoms with E-state index in [4.69, 9.17) is 0 Å². The molecule has 0 spiro atoms. The van der Waals surface area contributed by atoms with E-state index in [2.05, 4.69) is 22.0 Å². The lowest BCUT2D eigenvalue weighted by atomic mass is 9.67. The second-order valence-electron chi connectivity index (χ2n) is 7.67. The van der Waals surface area contributed by atoms with Crippen LogP contribution >= 0.6 is 24.8 Å². The van der Waals surface area contributed by atoms with Gasteiger partial charge in [-0.25, -0.2) is 0 Å². The maximum atomic E-state index is 13.2. The Hall–Kier alpha value is -0.0700. The summed E-state index contributed by atoms with van der Waals surface area (Å²) in [6.45, 7) is 9.10. The van der Waals surface area contributed by atoms with E-state index in [1.165, 1.54) is 19.3 Å². The first-order valence-electron chi connectivity index (χ1n) is 8.95. The minimum absolute atomic E-state index is 0. The summed E-state index contributed by atoms with van der Waals surface area (Å²) in [5.74, 6) is 0.935. The van der Waals surface area contributed by atoms with Crippen molar-refractivity contribution in [2.45, 2.75) is 51.7 Å². The molecule has 3 rings (SSSR count). The summed E-state index contributed by atoms with van der Waals surface area (Å²) < 4.78 is 0. The van der Waals surface area contributed by atoms with E-state index >= 15 is 0 Å². The van der Waals surface area contributed by atoms with Crippen molar-refractivity contribution in [3.63, 3.8) is 0 Å². The maximum Gasteiger partial charge on any atom is 0.230 e. The topological polar surface area (TPSA) is 55.8 Å². The van der Waals surface area contributed by atoms with Gasteiger partial charge in [-0.1, -0.05) is 12.8 Å². The number of aliphatic hydroxyl groups excluding tert-OH is 1. The van der Waals surface area contributed by atoms with Crippen LogP contribution in [0.3, 0.4) is 0 Å². The fraction of sp³-hybridized carbons (Fsp3) is 0.941. The molecular weight excluding hydrogens is 349 g/mol. The number of nitrogens with zero attached hydrogens (tertiary/aromatic N) is 2. The number of rotatable bonds is 3. The number of carbonyl (C=O) groups is 1. The average Bonchev–Trinajstić information content (AvgIpc) is 2.93. The molecule has 0 aromatic heterocycles. The van der Waals surface area contributed by atoms with Crippen molar-refractivity contribution in [2.24, 2.45) is 11.3 Å². The molecule has 7 heteroatoms. The Bertz CT molecular complexity index is 425. The lowest BCUT2D eigenvalue weighted by molar-refractivity contribution is -0.148. The molecule has 24 heavy (non-hydrogen) atoms. The zero-order valence-electron chi connectivity index (χ0n) is 14.9. The van der Waals surface area contributed by atoms with Crippen molar-refractivity contribution in [3.8, 4) is 0 Å². The summed E-state index contributed by atoms with van der Waals surface area (Å²) in [6.07, 6.45) is 4.44. The van der Waals surface area contributed by atoms with Crippen LogP contribution in [0.1, 0.15) is 39.5 Å². The Labute approximate surface area is 158 Å². The summed E-state index contributed by atoms with van der Waals surface area (Å²) in [4.78, 5) is 17.7. The third kappa shape index (κ3) is 4.18. The van der Waals surface area contributed by atoms with Crippen LogP contribution in [0.15, 0.2) is 0 Å². The molecule has 142 valence electrons. The standard InChI is InChI=1S/C17H31N3O2.2ClH/c1-13-10-20(8-7-19(13)11-14(2)21)16(22)17-6-4-3-5-15(17)9-18-12-17;;/h13-15,18,21H,3-12H2,1-2H3;2*1H/t13?,14?,15-,17+;;/m0../s1.